The first-order chi connectivity index (χ1) is 13.9. The molecule has 150 valence electrons. The second kappa shape index (κ2) is 7.91. The van der Waals surface area contributed by atoms with E-state index in [1.54, 1.807) is 24.4 Å². The zero-order valence-corrected chi connectivity index (χ0v) is 17.4. The van der Waals surface area contributed by atoms with Crippen LogP contribution in [0.4, 0.5) is 5.69 Å². The molecule has 1 amide bonds. The van der Waals surface area contributed by atoms with Gasteiger partial charge in [-0.1, -0.05) is 23.7 Å². The van der Waals surface area contributed by atoms with E-state index >= 15 is 0 Å². The summed E-state index contributed by atoms with van der Waals surface area (Å²) in [6.07, 6.45) is 1.67. The van der Waals surface area contributed by atoms with Gasteiger partial charge < -0.3 is 14.4 Å². The number of hydrogen-bond acceptors (Lipinski definition) is 3. The van der Waals surface area contributed by atoms with Crippen LogP contribution in [0.2, 0.25) is 5.02 Å². The Kier molecular flexibility index (Phi) is 5.33. The fourth-order valence-corrected chi connectivity index (χ4v) is 4.10. The molecule has 1 saturated heterocycles. The van der Waals surface area contributed by atoms with Gasteiger partial charge in [0.2, 0.25) is 5.91 Å². The fraction of sp³-hybridized carbons (Fsp3) is 0.304. The summed E-state index contributed by atoms with van der Waals surface area (Å²) in [4.78, 5) is 29.3. The van der Waals surface area contributed by atoms with Gasteiger partial charge in [0, 0.05) is 54.5 Å². The molecular formula is C23H24ClN3O2. The molecule has 1 aromatic heterocycles. The molecule has 2 aromatic carbocycles. The molecule has 0 unspecified atom stereocenters. The zero-order valence-electron chi connectivity index (χ0n) is 16.7. The molecule has 0 radical (unpaired) electrons. The van der Waals surface area contributed by atoms with Crippen LogP contribution in [0.5, 0.6) is 0 Å². The lowest BCUT2D eigenvalue weighted by atomic mass is 10.1. The highest BCUT2D eigenvalue weighted by Crippen LogP contribution is 2.24. The van der Waals surface area contributed by atoms with E-state index in [1.807, 2.05) is 9.47 Å². The number of carbonyl (C=O) groups excluding carboxylic acids is 1. The van der Waals surface area contributed by atoms with E-state index in [9.17, 15) is 9.59 Å². The fourth-order valence-electron chi connectivity index (χ4n) is 3.94. The van der Waals surface area contributed by atoms with Gasteiger partial charge in [-0.15, -0.1) is 0 Å². The number of fused-ring (bicyclic) bond motifs is 1. The molecule has 4 rings (SSSR count). The van der Waals surface area contributed by atoms with Crippen LogP contribution < -0.4 is 10.3 Å². The van der Waals surface area contributed by atoms with Gasteiger partial charge in [-0.2, -0.15) is 0 Å². The summed E-state index contributed by atoms with van der Waals surface area (Å²) in [7, 11) is 0. The summed E-state index contributed by atoms with van der Waals surface area (Å²) in [5.41, 5.74) is 4.45. The summed E-state index contributed by atoms with van der Waals surface area (Å²) >= 11 is 6.11. The van der Waals surface area contributed by atoms with E-state index in [0.29, 0.717) is 29.0 Å². The smallest absolute Gasteiger partial charge is 0.242 e. The maximum absolute atomic E-state index is 12.9. The predicted molar refractivity (Wildman–Crippen MR) is 118 cm³/mol. The number of benzene rings is 2. The number of anilines is 1. The minimum Gasteiger partial charge on any atom is -0.368 e. The number of nitrogens with zero attached hydrogens (tertiary/aromatic N) is 3. The van der Waals surface area contributed by atoms with Gasteiger partial charge >= 0.3 is 0 Å². The average molecular weight is 410 g/mol. The van der Waals surface area contributed by atoms with E-state index in [2.05, 4.69) is 36.9 Å². The van der Waals surface area contributed by atoms with Crippen LogP contribution >= 0.6 is 11.6 Å². The number of carbonyl (C=O) groups is 1. The molecule has 2 heterocycles. The maximum Gasteiger partial charge on any atom is 0.242 e. The lowest BCUT2D eigenvalue weighted by Crippen LogP contribution is -2.49. The third-order valence-corrected chi connectivity index (χ3v) is 6.03. The van der Waals surface area contributed by atoms with E-state index in [0.717, 1.165) is 13.1 Å². The summed E-state index contributed by atoms with van der Waals surface area (Å²) in [6, 6.07) is 13.0. The molecule has 0 aliphatic carbocycles. The third kappa shape index (κ3) is 3.87. The van der Waals surface area contributed by atoms with Crippen LogP contribution in [0.1, 0.15) is 11.1 Å². The molecular weight excluding hydrogens is 386 g/mol. The van der Waals surface area contributed by atoms with Gasteiger partial charge in [-0.3, -0.25) is 9.59 Å². The van der Waals surface area contributed by atoms with Crippen molar-refractivity contribution >= 4 is 34.1 Å². The number of aromatic nitrogens is 1. The molecule has 1 aliphatic rings. The lowest BCUT2D eigenvalue weighted by Gasteiger charge is -2.37. The highest BCUT2D eigenvalue weighted by molar-refractivity contribution is 6.31. The van der Waals surface area contributed by atoms with Crippen molar-refractivity contribution in [3.8, 4) is 0 Å². The van der Waals surface area contributed by atoms with Gasteiger partial charge in [0.1, 0.15) is 6.54 Å². The van der Waals surface area contributed by atoms with Crippen LogP contribution in [0.25, 0.3) is 10.9 Å². The lowest BCUT2D eigenvalue weighted by molar-refractivity contribution is -0.132. The molecule has 1 fully saturated rings. The highest BCUT2D eigenvalue weighted by atomic mass is 35.5. The molecule has 1 aliphatic heterocycles. The monoisotopic (exact) mass is 409 g/mol. The van der Waals surface area contributed by atoms with Gasteiger partial charge in [0.25, 0.3) is 0 Å². The van der Waals surface area contributed by atoms with Crippen LogP contribution in [0.3, 0.4) is 0 Å². The molecule has 0 spiro atoms. The standard InChI is InChI=1S/C23H24ClN3O2/c1-16-4-3-5-20(17(16)2)25-10-12-26(13-11-25)23(29)15-27-9-8-22(28)19-7-6-18(24)14-21(19)27/h3-9,14H,10-13,15H2,1-2H3. The molecule has 29 heavy (non-hydrogen) atoms. The largest absolute Gasteiger partial charge is 0.368 e. The van der Waals surface area contributed by atoms with Crippen LogP contribution in [0, 0.1) is 13.8 Å². The normalized spacial score (nSPS) is 14.4. The van der Waals surface area contributed by atoms with Gasteiger partial charge in [0.05, 0.1) is 5.52 Å². The van der Waals surface area contributed by atoms with E-state index in [4.69, 9.17) is 11.6 Å². The Balaban J connectivity index is 1.48. The number of rotatable bonds is 3. The van der Waals surface area contributed by atoms with Crippen LogP contribution in [-0.2, 0) is 11.3 Å². The van der Waals surface area contributed by atoms with Crippen molar-refractivity contribution in [2.45, 2.75) is 20.4 Å². The van der Waals surface area contributed by atoms with Crippen molar-refractivity contribution in [3.05, 3.63) is 75.0 Å². The molecule has 5 nitrogen and oxygen atoms in total. The first-order valence-corrected chi connectivity index (χ1v) is 10.2. The van der Waals surface area contributed by atoms with E-state index in [-0.39, 0.29) is 17.9 Å². The van der Waals surface area contributed by atoms with Crippen molar-refractivity contribution in [2.24, 2.45) is 0 Å². The quantitative estimate of drug-likeness (QED) is 0.663. The Morgan fingerprint density at radius 3 is 2.55 bits per heavy atom. The number of pyridine rings is 1. The van der Waals surface area contributed by atoms with Gasteiger partial charge in [-0.05, 0) is 49.2 Å². The SMILES string of the molecule is Cc1cccc(N2CCN(C(=O)Cn3ccc(=O)c4ccc(Cl)cc43)CC2)c1C. The first-order valence-electron chi connectivity index (χ1n) is 9.82. The summed E-state index contributed by atoms with van der Waals surface area (Å²) in [5.74, 6) is 0.0514. The van der Waals surface area contributed by atoms with Crippen LogP contribution in [-0.4, -0.2) is 41.6 Å². The van der Waals surface area contributed by atoms with Gasteiger partial charge in [0.15, 0.2) is 5.43 Å². The molecule has 0 atom stereocenters. The summed E-state index contributed by atoms with van der Waals surface area (Å²) in [6.45, 7) is 7.46. The van der Waals surface area contributed by atoms with Crippen molar-refractivity contribution in [1.82, 2.24) is 9.47 Å². The van der Waals surface area contributed by atoms with Crippen molar-refractivity contribution < 1.29 is 4.79 Å². The van der Waals surface area contributed by atoms with E-state index in [1.165, 1.54) is 22.9 Å². The zero-order chi connectivity index (χ0) is 20.5. The minimum atomic E-state index is -0.0671. The summed E-state index contributed by atoms with van der Waals surface area (Å²) < 4.78 is 1.81. The summed E-state index contributed by atoms with van der Waals surface area (Å²) in [5, 5.41) is 1.12. The first kappa shape index (κ1) is 19.5. The minimum absolute atomic E-state index is 0.0514. The Bertz CT molecular complexity index is 1130. The van der Waals surface area contributed by atoms with Crippen LogP contribution in [0.15, 0.2) is 53.5 Å². The Morgan fingerprint density at radius 1 is 1.03 bits per heavy atom. The number of hydrogen-bond donors (Lipinski definition) is 0. The molecule has 6 heteroatoms. The number of aryl methyl sites for hydroxylation is 1. The Hall–Kier alpha value is -2.79. The molecule has 0 bridgehead atoms. The molecule has 3 aromatic rings. The predicted octanol–water partition coefficient (Wildman–Crippen LogP) is 3.62. The highest BCUT2D eigenvalue weighted by Gasteiger charge is 2.22. The van der Waals surface area contributed by atoms with Crippen molar-refractivity contribution in [3.63, 3.8) is 0 Å². The average Bonchev–Trinajstić information content (AvgIpc) is 2.72. The topological polar surface area (TPSA) is 45.5 Å². The maximum atomic E-state index is 12.9. The Labute approximate surface area is 175 Å². The third-order valence-electron chi connectivity index (χ3n) is 5.80. The van der Waals surface area contributed by atoms with Crippen molar-refractivity contribution in [2.75, 3.05) is 31.1 Å². The molecule has 0 N–H and O–H groups in total. The number of piperazine rings is 1. The second-order valence-corrected chi connectivity index (χ2v) is 7.99. The van der Waals surface area contributed by atoms with Gasteiger partial charge in [-0.25, -0.2) is 0 Å². The Morgan fingerprint density at radius 2 is 1.79 bits per heavy atom. The second-order valence-electron chi connectivity index (χ2n) is 7.56. The number of halogens is 1. The number of amides is 1. The van der Waals surface area contributed by atoms with E-state index < -0.39 is 0 Å². The molecule has 0 saturated carbocycles. The van der Waals surface area contributed by atoms with Crippen molar-refractivity contribution in [1.29, 1.82) is 0 Å².